The Morgan fingerprint density at radius 1 is 1.33 bits per heavy atom. The van der Waals surface area contributed by atoms with Crippen molar-refractivity contribution >= 4 is 17.6 Å². The molecule has 1 aliphatic heterocycles. The molecule has 1 aromatic carbocycles. The van der Waals surface area contributed by atoms with Gasteiger partial charge in [0.05, 0.1) is 0 Å². The van der Waals surface area contributed by atoms with Gasteiger partial charge in [0.15, 0.2) is 5.96 Å². The molecule has 2 rings (SSSR count). The molecule has 24 heavy (non-hydrogen) atoms. The van der Waals surface area contributed by atoms with E-state index in [4.69, 9.17) is 0 Å². The van der Waals surface area contributed by atoms with Crippen molar-refractivity contribution in [3.05, 3.63) is 30.3 Å². The third-order valence-electron chi connectivity index (χ3n) is 4.10. The number of benzene rings is 1. The SMILES string of the molecule is CCNC(=NCC(=O)N(C)C)NC1CCCN(c2ccccc2)C1. The largest absolute Gasteiger partial charge is 0.369 e. The van der Waals surface area contributed by atoms with Gasteiger partial charge in [-0.25, -0.2) is 4.99 Å². The van der Waals surface area contributed by atoms with Crippen molar-refractivity contribution < 1.29 is 4.79 Å². The summed E-state index contributed by atoms with van der Waals surface area (Å²) >= 11 is 0. The number of hydrogen-bond donors (Lipinski definition) is 2. The van der Waals surface area contributed by atoms with E-state index >= 15 is 0 Å². The number of likely N-dealkylation sites (N-methyl/N-ethyl adjacent to an activating group) is 1. The van der Waals surface area contributed by atoms with E-state index in [0.717, 1.165) is 32.5 Å². The van der Waals surface area contributed by atoms with Gasteiger partial charge < -0.3 is 20.4 Å². The predicted octanol–water partition coefficient (Wildman–Crippen LogP) is 1.30. The molecule has 1 aliphatic rings. The maximum Gasteiger partial charge on any atom is 0.243 e. The van der Waals surface area contributed by atoms with Crippen LogP contribution in [-0.4, -0.2) is 63.1 Å². The van der Waals surface area contributed by atoms with E-state index in [0.29, 0.717) is 12.0 Å². The van der Waals surface area contributed by atoms with E-state index in [-0.39, 0.29) is 12.5 Å². The molecule has 0 saturated carbocycles. The number of carbonyl (C=O) groups excluding carboxylic acids is 1. The summed E-state index contributed by atoms with van der Waals surface area (Å²) in [6.07, 6.45) is 2.25. The first-order valence-corrected chi connectivity index (χ1v) is 8.65. The Bertz CT molecular complexity index is 544. The van der Waals surface area contributed by atoms with Crippen LogP contribution in [0.2, 0.25) is 0 Å². The molecule has 1 amide bonds. The molecule has 1 atom stereocenters. The molecule has 1 fully saturated rings. The molecule has 1 saturated heterocycles. The van der Waals surface area contributed by atoms with Gasteiger partial charge in [0, 0.05) is 45.5 Å². The van der Waals surface area contributed by atoms with Crippen molar-refractivity contribution in [1.29, 1.82) is 0 Å². The number of hydrogen-bond acceptors (Lipinski definition) is 3. The Morgan fingerprint density at radius 3 is 2.75 bits per heavy atom. The number of amides is 1. The zero-order chi connectivity index (χ0) is 17.4. The van der Waals surface area contributed by atoms with Crippen molar-refractivity contribution in [2.24, 2.45) is 4.99 Å². The fourth-order valence-corrected chi connectivity index (χ4v) is 2.77. The molecule has 1 heterocycles. The average molecular weight is 331 g/mol. The van der Waals surface area contributed by atoms with Crippen LogP contribution in [0.1, 0.15) is 19.8 Å². The normalized spacial score (nSPS) is 18.2. The van der Waals surface area contributed by atoms with E-state index in [1.807, 2.05) is 13.0 Å². The van der Waals surface area contributed by atoms with Gasteiger partial charge in [-0.3, -0.25) is 4.79 Å². The summed E-state index contributed by atoms with van der Waals surface area (Å²) in [5, 5.41) is 6.71. The number of aliphatic imine (C=N–C) groups is 1. The first-order valence-electron chi connectivity index (χ1n) is 8.65. The fourth-order valence-electron chi connectivity index (χ4n) is 2.77. The second-order valence-electron chi connectivity index (χ2n) is 6.25. The molecule has 0 aromatic heterocycles. The highest BCUT2D eigenvalue weighted by atomic mass is 16.2. The Hall–Kier alpha value is -2.24. The van der Waals surface area contributed by atoms with E-state index in [9.17, 15) is 4.79 Å². The van der Waals surface area contributed by atoms with Crippen LogP contribution in [0, 0.1) is 0 Å². The third-order valence-corrected chi connectivity index (χ3v) is 4.10. The van der Waals surface area contributed by atoms with E-state index < -0.39 is 0 Å². The number of anilines is 1. The third kappa shape index (κ3) is 5.44. The Balaban J connectivity index is 1.95. The van der Waals surface area contributed by atoms with Crippen LogP contribution in [0.4, 0.5) is 5.69 Å². The maximum absolute atomic E-state index is 11.7. The first-order chi connectivity index (χ1) is 11.6. The summed E-state index contributed by atoms with van der Waals surface area (Å²) < 4.78 is 0. The molecule has 2 N–H and O–H groups in total. The van der Waals surface area contributed by atoms with Gasteiger partial charge in [0.2, 0.25) is 5.91 Å². The van der Waals surface area contributed by atoms with Crippen LogP contribution in [0.5, 0.6) is 0 Å². The van der Waals surface area contributed by atoms with Crippen molar-refractivity contribution in [3.8, 4) is 0 Å². The maximum atomic E-state index is 11.7. The Morgan fingerprint density at radius 2 is 2.08 bits per heavy atom. The number of rotatable bonds is 5. The average Bonchev–Trinajstić information content (AvgIpc) is 2.60. The summed E-state index contributed by atoms with van der Waals surface area (Å²) in [6.45, 7) is 4.99. The monoisotopic (exact) mass is 331 g/mol. The standard InChI is InChI=1S/C18H29N5O/c1-4-19-18(20-13-17(24)22(2)3)21-15-9-8-12-23(14-15)16-10-6-5-7-11-16/h5-7,10-11,15H,4,8-9,12-14H2,1-3H3,(H2,19,20,21). The summed E-state index contributed by atoms with van der Waals surface area (Å²) in [4.78, 5) is 20.1. The zero-order valence-corrected chi connectivity index (χ0v) is 15.0. The van der Waals surface area contributed by atoms with Gasteiger partial charge in [-0.05, 0) is 31.9 Å². The highest BCUT2D eigenvalue weighted by Crippen LogP contribution is 2.19. The molecule has 0 bridgehead atoms. The van der Waals surface area contributed by atoms with Gasteiger partial charge in [-0.2, -0.15) is 0 Å². The predicted molar refractivity (Wildman–Crippen MR) is 99.5 cm³/mol. The topological polar surface area (TPSA) is 60.0 Å². The fraction of sp³-hybridized carbons (Fsp3) is 0.556. The van der Waals surface area contributed by atoms with E-state index in [1.165, 1.54) is 5.69 Å². The van der Waals surface area contributed by atoms with Crippen LogP contribution in [-0.2, 0) is 4.79 Å². The van der Waals surface area contributed by atoms with Gasteiger partial charge in [0.25, 0.3) is 0 Å². The second kappa shape index (κ2) is 9.15. The number of nitrogens with one attached hydrogen (secondary N) is 2. The number of para-hydroxylation sites is 1. The highest BCUT2D eigenvalue weighted by molar-refractivity contribution is 5.85. The van der Waals surface area contributed by atoms with Gasteiger partial charge in [0.1, 0.15) is 6.54 Å². The van der Waals surface area contributed by atoms with Crippen molar-refractivity contribution in [1.82, 2.24) is 15.5 Å². The molecular weight excluding hydrogens is 302 g/mol. The van der Waals surface area contributed by atoms with Gasteiger partial charge >= 0.3 is 0 Å². The molecule has 0 spiro atoms. The van der Waals surface area contributed by atoms with Crippen LogP contribution in [0.15, 0.2) is 35.3 Å². The smallest absolute Gasteiger partial charge is 0.243 e. The second-order valence-corrected chi connectivity index (χ2v) is 6.25. The molecule has 1 aromatic rings. The quantitative estimate of drug-likeness (QED) is 0.631. The Kier molecular flexibility index (Phi) is 6.90. The van der Waals surface area contributed by atoms with Gasteiger partial charge in [-0.1, -0.05) is 18.2 Å². The minimum atomic E-state index is 0.00163. The molecule has 6 nitrogen and oxygen atoms in total. The first kappa shape index (κ1) is 18.1. The van der Waals surface area contributed by atoms with Crippen LogP contribution in [0.3, 0.4) is 0 Å². The van der Waals surface area contributed by atoms with Crippen molar-refractivity contribution in [3.63, 3.8) is 0 Å². The molecule has 1 unspecified atom stereocenters. The number of nitrogens with zero attached hydrogens (tertiary/aromatic N) is 3. The lowest BCUT2D eigenvalue weighted by Gasteiger charge is -2.35. The summed E-state index contributed by atoms with van der Waals surface area (Å²) in [7, 11) is 3.49. The summed E-state index contributed by atoms with van der Waals surface area (Å²) in [6, 6.07) is 10.8. The number of guanidine groups is 1. The summed E-state index contributed by atoms with van der Waals surface area (Å²) in [5.74, 6) is 0.717. The number of piperidine rings is 1. The minimum Gasteiger partial charge on any atom is -0.369 e. The lowest BCUT2D eigenvalue weighted by molar-refractivity contribution is -0.127. The molecule has 0 aliphatic carbocycles. The Labute approximate surface area is 144 Å². The van der Waals surface area contributed by atoms with Crippen LogP contribution < -0.4 is 15.5 Å². The molecular formula is C18H29N5O. The minimum absolute atomic E-state index is 0.00163. The lowest BCUT2D eigenvalue weighted by Crippen LogP contribution is -2.51. The van der Waals surface area contributed by atoms with E-state index in [1.54, 1.807) is 19.0 Å². The molecule has 6 heteroatoms. The number of carbonyl (C=O) groups is 1. The highest BCUT2D eigenvalue weighted by Gasteiger charge is 2.21. The van der Waals surface area contributed by atoms with Crippen molar-refractivity contribution in [2.45, 2.75) is 25.8 Å². The van der Waals surface area contributed by atoms with Gasteiger partial charge in [-0.15, -0.1) is 0 Å². The van der Waals surface area contributed by atoms with Crippen LogP contribution >= 0.6 is 0 Å². The zero-order valence-electron chi connectivity index (χ0n) is 15.0. The lowest BCUT2D eigenvalue weighted by atomic mass is 10.1. The van der Waals surface area contributed by atoms with E-state index in [2.05, 4.69) is 44.8 Å². The molecule has 132 valence electrons. The van der Waals surface area contributed by atoms with Crippen LogP contribution in [0.25, 0.3) is 0 Å². The summed E-state index contributed by atoms with van der Waals surface area (Å²) in [5.41, 5.74) is 1.26. The molecule has 0 radical (unpaired) electrons. The van der Waals surface area contributed by atoms with Crippen molar-refractivity contribution in [2.75, 3.05) is 45.2 Å².